The van der Waals surface area contributed by atoms with Gasteiger partial charge in [0.2, 0.25) is 0 Å². The van der Waals surface area contributed by atoms with Crippen LogP contribution in [0, 0.1) is 11.7 Å². The summed E-state index contributed by atoms with van der Waals surface area (Å²) in [5, 5.41) is 5.96. The normalized spacial score (nSPS) is 10.6. The first kappa shape index (κ1) is 16.9. The van der Waals surface area contributed by atoms with Crippen LogP contribution < -0.4 is 10.6 Å². The number of pyridine rings is 1. The summed E-state index contributed by atoms with van der Waals surface area (Å²) in [5.41, 5.74) is 1.66. The second kappa shape index (κ2) is 8.27. The zero-order chi connectivity index (χ0) is 16.7. The molecule has 23 heavy (non-hydrogen) atoms. The number of aromatic nitrogens is 1. The largest absolute Gasteiger partial charge is 0.381 e. The van der Waals surface area contributed by atoms with Crippen LogP contribution in [0.25, 0.3) is 0 Å². The van der Waals surface area contributed by atoms with Gasteiger partial charge in [-0.05, 0) is 30.5 Å². The van der Waals surface area contributed by atoms with Gasteiger partial charge in [-0.1, -0.05) is 32.0 Å². The summed E-state index contributed by atoms with van der Waals surface area (Å²) in [5.74, 6) is 0.0953. The van der Waals surface area contributed by atoms with Gasteiger partial charge in [-0.15, -0.1) is 0 Å². The number of rotatable bonds is 7. The predicted molar refractivity (Wildman–Crippen MR) is 89.8 cm³/mol. The molecule has 1 amide bonds. The van der Waals surface area contributed by atoms with E-state index in [9.17, 15) is 9.18 Å². The molecule has 1 aromatic heterocycles. The summed E-state index contributed by atoms with van der Waals surface area (Å²) in [6.45, 7) is 5.20. The quantitative estimate of drug-likeness (QED) is 0.820. The van der Waals surface area contributed by atoms with Crippen molar-refractivity contribution >= 4 is 11.6 Å². The molecule has 1 heterocycles. The highest BCUT2D eigenvalue weighted by Gasteiger charge is 2.08. The second-order valence-corrected chi connectivity index (χ2v) is 5.81. The average molecular weight is 315 g/mol. The number of nitrogens with zero attached hydrogens (tertiary/aromatic N) is 1. The summed E-state index contributed by atoms with van der Waals surface area (Å²) in [7, 11) is 0. The fourth-order valence-electron chi connectivity index (χ4n) is 2.07. The lowest BCUT2D eigenvalue weighted by Gasteiger charge is -2.10. The molecule has 0 aliphatic carbocycles. The van der Waals surface area contributed by atoms with Crippen molar-refractivity contribution in [2.24, 2.45) is 5.92 Å². The van der Waals surface area contributed by atoms with Crippen LogP contribution in [-0.4, -0.2) is 17.4 Å². The Morgan fingerprint density at radius 2 is 2.04 bits per heavy atom. The van der Waals surface area contributed by atoms with Crippen LogP contribution in [0.15, 0.2) is 42.6 Å². The van der Waals surface area contributed by atoms with Crippen LogP contribution in [0.1, 0.15) is 36.3 Å². The molecule has 2 rings (SSSR count). The third-order valence-electron chi connectivity index (χ3n) is 3.44. The van der Waals surface area contributed by atoms with E-state index in [1.807, 2.05) is 0 Å². The Bertz CT molecular complexity index is 658. The molecular formula is C18H22FN3O. The van der Waals surface area contributed by atoms with Crippen LogP contribution in [0.3, 0.4) is 0 Å². The van der Waals surface area contributed by atoms with E-state index in [4.69, 9.17) is 0 Å². The zero-order valence-corrected chi connectivity index (χ0v) is 13.5. The van der Waals surface area contributed by atoms with Crippen molar-refractivity contribution in [1.82, 2.24) is 10.3 Å². The Kier molecular flexibility index (Phi) is 6.09. The first-order chi connectivity index (χ1) is 11.1. The molecule has 0 spiro atoms. The maximum atomic E-state index is 13.6. The molecule has 0 radical (unpaired) electrons. The van der Waals surface area contributed by atoms with Gasteiger partial charge >= 0.3 is 0 Å². The molecule has 0 fully saturated rings. The van der Waals surface area contributed by atoms with Crippen molar-refractivity contribution in [1.29, 1.82) is 0 Å². The standard InChI is InChI=1S/C18H22FN3O/c1-13(2)7-9-21-18(23)17-11-15(8-10-20-17)22-12-14-5-3-4-6-16(14)19/h3-6,8,10-11,13H,7,9,12H2,1-2H3,(H,20,22)(H,21,23). The summed E-state index contributed by atoms with van der Waals surface area (Å²) in [4.78, 5) is 16.1. The maximum Gasteiger partial charge on any atom is 0.269 e. The Morgan fingerprint density at radius 1 is 1.26 bits per heavy atom. The van der Waals surface area contributed by atoms with Crippen molar-refractivity contribution in [2.75, 3.05) is 11.9 Å². The summed E-state index contributed by atoms with van der Waals surface area (Å²) in [6, 6.07) is 10.0. The van der Waals surface area contributed by atoms with Crippen LogP contribution in [0.2, 0.25) is 0 Å². The lowest BCUT2D eigenvalue weighted by atomic mass is 10.1. The van der Waals surface area contributed by atoms with E-state index in [1.54, 1.807) is 36.5 Å². The van der Waals surface area contributed by atoms with Crippen LogP contribution >= 0.6 is 0 Å². The van der Waals surface area contributed by atoms with Crippen molar-refractivity contribution in [3.63, 3.8) is 0 Å². The molecule has 2 aromatic rings. The van der Waals surface area contributed by atoms with Crippen molar-refractivity contribution < 1.29 is 9.18 Å². The minimum atomic E-state index is -0.249. The first-order valence-corrected chi connectivity index (χ1v) is 7.78. The van der Waals surface area contributed by atoms with Crippen LogP contribution in [-0.2, 0) is 6.54 Å². The second-order valence-electron chi connectivity index (χ2n) is 5.81. The highest BCUT2D eigenvalue weighted by Crippen LogP contribution is 2.12. The van der Waals surface area contributed by atoms with Gasteiger partial charge in [0.1, 0.15) is 11.5 Å². The molecule has 0 bridgehead atoms. The molecule has 0 saturated heterocycles. The minimum absolute atomic E-state index is 0.194. The molecule has 0 unspecified atom stereocenters. The highest BCUT2D eigenvalue weighted by molar-refractivity contribution is 5.93. The van der Waals surface area contributed by atoms with Crippen molar-refractivity contribution in [3.05, 3.63) is 59.7 Å². The number of hydrogen-bond acceptors (Lipinski definition) is 3. The molecule has 0 saturated carbocycles. The third-order valence-corrected chi connectivity index (χ3v) is 3.44. The number of anilines is 1. The van der Waals surface area contributed by atoms with Gasteiger partial charge in [0, 0.05) is 30.5 Å². The topological polar surface area (TPSA) is 54.0 Å². The maximum absolute atomic E-state index is 13.6. The molecule has 122 valence electrons. The van der Waals surface area contributed by atoms with E-state index in [0.29, 0.717) is 30.3 Å². The molecule has 2 N–H and O–H groups in total. The van der Waals surface area contributed by atoms with E-state index in [0.717, 1.165) is 12.1 Å². The van der Waals surface area contributed by atoms with Gasteiger partial charge in [0.25, 0.3) is 5.91 Å². The third kappa shape index (κ3) is 5.36. The van der Waals surface area contributed by atoms with Gasteiger partial charge in [0.05, 0.1) is 0 Å². The molecule has 1 aromatic carbocycles. The SMILES string of the molecule is CC(C)CCNC(=O)c1cc(NCc2ccccc2F)ccn1. The van der Waals surface area contributed by atoms with E-state index in [-0.39, 0.29) is 11.7 Å². The lowest BCUT2D eigenvalue weighted by molar-refractivity contribution is 0.0947. The van der Waals surface area contributed by atoms with E-state index in [2.05, 4.69) is 29.5 Å². The minimum Gasteiger partial charge on any atom is -0.381 e. The summed E-state index contributed by atoms with van der Waals surface area (Å²) in [6.07, 6.45) is 2.50. The number of carbonyl (C=O) groups excluding carboxylic acids is 1. The van der Waals surface area contributed by atoms with Gasteiger partial charge in [-0.25, -0.2) is 4.39 Å². The van der Waals surface area contributed by atoms with Crippen molar-refractivity contribution in [3.8, 4) is 0 Å². The van der Waals surface area contributed by atoms with Gasteiger partial charge in [-0.3, -0.25) is 9.78 Å². The molecule has 0 aliphatic heterocycles. The molecule has 5 heteroatoms. The molecular weight excluding hydrogens is 293 g/mol. The van der Waals surface area contributed by atoms with Crippen molar-refractivity contribution in [2.45, 2.75) is 26.8 Å². The Balaban J connectivity index is 1.94. The number of hydrogen-bond donors (Lipinski definition) is 2. The fraction of sp³-hybridized carbons (Fsp3) is 0.333. The van der Waals surface area contributed by atoms with E-state index < -0.39 is 0 Å². The monoisotopic (exact) mass is 315 g/mol. The number of halogens is 1. The van der Waals surface area contributed by atoms with Gasteiger partial charge < -0.3 is 10.6 Å². The highest BCUT2D eigenvalue weighted by atomic mass is 19.1. The summed E-state index contributed by atoms with van der Waals surface area (Å²) < 4.78 is 13.6. The fourth-order valence-corrected chi connectivity index (χ4v) is 2.07. The number of amides is 1. The Hall–Kier alpha value is -2.43. The molecule has 0 aliphatic rings. The Labute approximate surface area is 136 Å². The van der Waals surface area contributed by atoms with Crippen LogP contribution in [0.5, 0.6) is 0 Å². The number of nitrogens with one attached hydrogen (secondary N) is 2. The molecule has 4 nitrogen and oxygen atoms in total. The zero-order valence-electron chi connectivity index (χ0n) is 13.5. The summed E-state index contributed by atoms with van der Waals surface area (Å²) >= 11 is 0. The van der Waals surface area contributed by atoms with Gasteiger partial charge in [0.15, 0.2) is 0 Å². The predicted octanol–water partition coefficient (Wildman–Crippen LogP) is 3.61. The molecule has 0 atom stereocenters. The Morgan fingerprint density at radius 3 is 2.78 bits per heavy atom. The number of carbonyl (C=O) groups is 1. The van der Waals surface area contributed by atoms with Crippen LogP contribution in [0.4, 0.5) is 10.1 Å². The van der Waals surface area contributed by atoms with E-state index >= 15 is 0 Å². The number of benzene rings is 1. The average Bonchev–Trinajstić information content (AvgIpc) is 2.54. The lowest BCUT2D eigenvalue weighted by Crippen LogP contribution is -2.26. The van der Waals surface area contributed by atoms with E-state index in [1.165, 1.54) is 6.07 Å². The first-order valence-electron chi connectivity index (χ1n) is 7.78. The van der Waals surface area contributed by atoms with Gasteiger partial charge in [-0.2, -0.15) is 0 Å². The smallest absolute Gasteiger partial charge is 0.269 e.